The third-order valence-corrected chi connectivity index (χ3v) is 10.3. The molecule has 0 radical (unpaired) electrons. The van der Waals surface area contributed by atoms with Crippen LogP contribution < -0.4 is 10.1 Å². The lowest BCUT2D eigenvalue weighted by molar-refractivity contribution is -0.126. The summed E-state index contributed by atoms with van der Waals surface area (Å²) in [7, 11) is 2.65. The van der Waals surface area contributed by atoms with Gasteiger partial charge in [-0.3, -0.25) is 9.79 Å². The van der Waals surface area contributed by atoms with Gasteiger partial charge in [-0.15, -0.1) is 0 Å². The number of hydrogen-bond donors (Lipinski definition) is 1. The molecule has 1 amide bonds. The number of allylic oxidation sites excluding steroid dienone is 1. The molecule has 2 heterocycles. The van der Waals surface area contributed by atoms with E-state index in [-0.39, 0.29) is 5.91 Å². The Kier molecular flexibility index (Phi) is 6.72. The molecule has 1 N–H and O–H groups in total. The Hall–Kier alpha value is -3.36. The van der Waals surface area contributed by atoms with Crippen LogP contribution in [0.25, 0.3) is 0 Å². The van der Waals surface area contributed by atoms with E-state index in [1.807, 2.05) is 80.8 Å². The van der Waals surface area contributed by atoms with Crippen LogP contribution in [0.15, 0.2) is 69.6 Å². The fourth-order valence-electron chi connectivity index (χ4n) is 5.33. The second-order valence-electron chi connectivity index (χ2n) is 9.90. The Morgan fingerprint density at radius 3 is 2.49 bits per heavy atom. The molecule has 1 unspecified atom stereocenters. The molecule has 0 saturated heterocycles. The number of likely N-dealkylation sites (N-methyl/N-ethyl adjacent to an activating group) is 2. The lowest BCUT2D eigenvalue weighted by Gasteiger charge is -2.22. The second kappa shape index (κ2) is 9.84. The summed E-state index contributed by atoms with van der Waals surface area (Å²) in [5.41, 5.74) is 5.48. The van der Waals surface area contributed by atoms with E-state index in [2.05, 4.69) is 10.3 Å². The quantitative estimate of drug-likeness (QED) is 0.596. The number of fused-ring (bicyclic) bond motifs is 1. The summed E-state index contributed by atoms with van der Waals surface area (Å²) in [6, 6.07) is 12.0. The summed E-state index contributed by atoms with van der Waals surface area (Å²) in [6.07, 6.45) is 4.80. The highest BCUT2D eigenvalue weighted by Crippen LogP contribution is 2.36. The van der Waals surface area contributed by atoms with Crippen LogP contribution in [0.5, 0.6) is 5.75 Å². The topological polar surface area (TPSA) is 74.2 Å². The Morgan fingerprint density at radius 1 is 1.16 bits per heavy atom. The maximum atomic E-state index is 14.6. The lowest BCUT2D eigenvalue weighted by Crippen LogP contribution is -2.30. The Bertz CT molecular complexity index is 1450. The van der Waals surface area contributed by atoms with E-state index >= 15 is 0 Å². The number of nitrogens with zero attached hydrogens (tertiary/aromatic N) is 3. The average molecular weight is 519 g/mol. The van der Waals surface area contributed by atoms with Gasteiger partial charge >= 0.3 is 0 Å². The van der Waals surface area contributed by atoms with Crippen LogP contribution in [0, 0.1) is 13.8 Å². The largest absolute Gasteiger partial charge is 0.497 e. The van der Waals surface area contributed by atoms with Gasteiger partial charge in [0, 0.05) is 44.4 Å². The maximum Gasteiger partial charge on any atom is 0.253 e. The molecule has 0 saturated carbocycles. The number of carbonyl (C=O) groups is 1. The Balaban J connectivity index is 1.40. The van der Waals surface area contributed by atoms with Crippen molar-refractivity contribution in [2.75, 3.05) is 40.8 Å². The molecule has 37 heavy (non-hydrogen) atoms. The first-order valence-corrected chi connectivity index (χ1v) is 14.1. The van der Waals surface area contributed by atoms with E-state index in [1.54, 1.807) is 12.0 Å². The van der Waals surface area contributed by atoms with Gasteiger partial charge in [0.25, 0.3) is 5.91 Å². The third kappa shape index (κ3) is 4.49. The molecular weight excluding hydrogens is 484 g/mol. The number of nitrogens with one attached hydrogen (secondary N) is 1. The molecule has 1 aliphatic carbocycles. The number of amides is 1. The molecule has 0 spiro atoms. The highest BCUT2D eigenvalue weighted by Gasteiger charge is 2.37. The molecule has 0 aromatic heterocycles. The summed E-state index contributed by atoms with van der Waals surface area (Å²) in [4.78, 5) is 21.2. The second-order valence-corrected chi connectivity index (χ2v) is 12.4. The molecule has 3 aliphatic rings. The van der Waals surface area contributed by atoms with Crippen molar-refractivity contribution in [3.63, 3.8) is 0 Å². The van der Waals surface area contributed by atoms with Crippen molar-refractivity contribution in [2.24, 2.45) is 4.99 Å². The molecule has 0 fully saturated rings. The number of aryl methyl sites for hydroxylation is 2. The number of aliphatic imine (C=N–C) groups is 1. The Labute approximate surface area is 219 Å². The van der Waals surface area contributed by atoms with Crippen molar-refractivity contribution in [3.05, 3.63) is 82.0 Å². The Morgan fingerprint density at radius 2 is 1.86 bits per heavy atom. The van der Waals surface area contributed by atoms with E-state index in [4.69, 9.17) is 4.74 Å². The van der Waals surface area contributed by atoms with Gasteiger partial charge in [0.15, 0.2) is 0 Å². The number of carbonyl (C=O) groups excluding carboxylic acids is 1. The zero-order chi connectivity index (χ0) is 26.3. The van der Waals surface area contributed by atoms with Crippen LogP contribution in [0.3, 0.4) is 0 Å². The standard InChI is InChI=1S/C29H34N4O3S/c1-19-13-25(36-5)14-20(2)27(19)37(35)26-16-23(15-24(26)18-33(37)4)29(34)32(3)17-21-7-9-22(10-8-21)28-30-11-6-12-31-28/h7-10,13-16H,6,11-12,17-18H2,1-5H3,(H,30,31). The van der Waals surface area contributed by atoms with Gasteiger partial charge in [0.2, 0.25) is 0 Å². The predicted molar refractivity (Wildman–Crippen MR) is 150 cm³/mol. The minimum absolute atomic E-state index is 0.0793. The summed E-state index contributed by atoms with van der Waals surface area (Å²) in [6.45, 7) is 6.75. The van der Waals surface area contributed by atoms with Crippen molar-refractivity contribution >= 4 is 26.3 Å². The number of ether oxygens (including phenoxy) is 1. The minimum Gasteiger partial charge on any atom is -0.497 e. The fraction of sp³-hybridized carbons (Fsp3) is 0.345. The van der Waals surface area contributed by atoms with Crippen molar-refractivity contribution in [2.45, 2.75) is 31.7 Å². The predicted octanol–water partition coefficient (Wildman–Crippen LogP) is 3.25. The first kappa shape index (κ1) is 25.3. The molecule has 2 aromatic carbocycles. The number of benzene rings is 2. The van der Waals surface area contributed by atoms with Crippen LogP contribution >= 0.6 is 0 Å². The van der Waals surface area contributed by atoms with E-state index in [1.165, 1.54) is 0 Å². The van der Waals surface area contributed by atoms with Crippen LogP contribution in [0.1, 0.15) is 28.7 Å². The third-order valence-electron chi connectivity index (χ3n) is 7.15. The zero-order valence-corrected chi connectivity index (χ0v) is 22.9. The molecule has 5 rings (SSSR count). The van der Waals surface area contributed by atoms with Gasteiger partial charge in [-0.2, -0.15) is 0 Å². The SMILES string of the molecule is COc1cc(C)c(S2(=O)=C3C=C(C(=O)N(C)Cc4ccc(C5=NCCCN5)cc4)C=C3CN2C)c(C)c1. The van der Waals surface area contributed by atoms with Gasteiger partial charge in [-0.1, -0.05) is 24.3 Å². The van der Waals surface area contributed by atoms with Crippen molar-refractivity contribution < 1.29 is 13.7 Å². The van der Waals surface area contributed by atoms with Crippen molar-refractivity contribution in [1.82, 2.24) is 14.5 Å². The molecule has 2 aliphatic heterocycles. The first-order valence-electron chi connectivity index (χ1n) is 12.6. The first-order chi connectivity index (χ1) is 17.7. The monoisotopic (exact) mass is 518 g/mol. The summed E-state index contributed by atoms with van der Waals surface area (Å²) < 4.78 is 21.9. The van der Waals surface area contributed by atoms with Crippen molar-refractivity contribution in [3.8, 4) is 5.75 Å². The number of rotatable bonds is 6. The zero-order valence-electron chi connectivity index (χ0n) is 22.1. The van der Waals surface area contributed by atoms with E-state index in [0.717, 1.165) is 68.7 Å². The summed E-state index contributed by atoms with van der Waals surface area (Å²) in [5, 5.41) is 3.34. The maximum absolute atomic E-state index is 14.6. The molecule has 194 valence electrons. The lowest BCUT2D eigenvalue weighted by atomic mass is 10.1. The summed E-state index contributed by atoms with van der Waals surface area (Å²) in [5.74, 6) is 1.60. The molecule has 1 atom stereocenters. The smallest absolute Gasteiger partial charge is 0.253 e. The van der Waals surface area contributed by atoms with Crippen LogP contribution in [-0.4, -0.2) is 70.9 Å². The van der Waals surface area contributed by atoms with Gasteiger partial charge in [-0.05, 0) is 73.9 Å². The number of methoxy groups -OCH3 is 1. The molecule has 8 heteroatoms. The summed E-state index contributed by atoms with van der Waals surface area (Å²) >= 11 is 0. The molecule has 2 aromatic rings. The number of amidine groups is 1. The van der Waals surface area contributed by atoms with Crippen LogP contribution in [0.4, 0.5) is 0 Å². The normalized spacial score (nSPS) is 21.1. The fourth-order valence-corrected chi connectivity index (χ4v) is 8.27. The molecular formula is C29H34N4O3S. The molecule has 0 bridgehead atoms. The average Bonchev–Trinajstić information content (AvgIpc) is 3.41. The number of hydrogen-bond acceptors (Lipinski definition) is 5. The minimum atomic E-state index is -2.68. The van der Waals surface area contributed by atoms with Gasteiger partial charge in [-0.25, -0.2) is 8.51 Å². The van der Waals surface area contributed by atoms with E-state index in [0.29, 0.717) is 18.7 Å². The van der Waals surface area contributed by atoms with Gasteiger partial charge in [0.1, 0.15) is 11.6 Å². The highest BCUT2D eigenvalue weighted by atomic mass is 32.2. The van der Waals surface area contributed by atoms with E-state index in [9.17, 15) is 9.00 Å². The van der Waals surface area contributed by atoms with Crippen LogP contribution in [-0.2, 0) is 21.0 Å². The van der Waals surface area contributed by atoms with Gasteiger partial charge in [0.05, 0.1) is 26.6 Å². The van der Waals surface area contributed by atoms with Crippen LogP contribution in [0.2, 0.25) is 0 Å². The molecule has 7 nitrogen and oxygen atoms in total. The highest BCUT2D eigenvalue weighted by molar-refractivity contribution is 8.01. The van der Waals surface area contributed by atoms with Gasteiger partial charge < -0.3 is 15.0 Å². The van der Waals surface area contributed by atoms with Crippen molar-refractivity contribution in [1.29, 1.82) is 0 Å². The van der Waals surface area contributed by atoms with E-state index < -0.39 is 9.71 Å².